The molecular formula is C19H17NO3. The molecule has 0 bridgehead atoms. The monoisotopic (exact) mass is 307 g/mol. The van der Waals surface area contributed by atoms with E-state index in [4.69, 9.17) is 9.84 Å². The van der Waals surface area contributed by atoms with Crippen LogP contribution in [-0.2, 0) is 0 Å². The van der Waals surface area contributed by atoms with Crippen molar-refractivity contribution in [1.82, 2.24) is 4.98 Å². The molecule has 0 unspecified atom stereocenters. The van der Waals surface area contributed by atoms with Crippen molar-refractivity contribution < 1.29 is 14.9 Å². The average Bonchev–Trinajstić information content (AvgIpc) is 2.60. The van der Waals surface area contributed by atoms with Crippen LogP contribution in [0.4, 0.5) is 0 Å². The Kier molecular flexibility index (Phi) is 4.26. The van der Waals surface area contributed by atoms with Gasteiger partial charge < -0.3 is 14.9 Å². The van der Waals surface area contributed by atoms with Crippen molar-refractivity contribution in [2.24, 2.45) is 0 Å². The van der Waals surface area contributed by atoms with Gasteiger partial charge in [-0.15, -0.1) is 0 Å². The molecule has 0 aliphatic rings. The first-order valence-electron chi connectivity index (χ1n) is 7.27. The summed E-state index contributed by atoms with van der Waals surface area (Å²) in [4.78, 5) is 4.33. The number of benzene rings is 2. The van der Waals surface area contributed by atoms with Crippen molar-refractivity contribution in [1.29, 1.82) is 0 Å². The number of phenolic OH excluding ortho intramolecular Hbond substituents is 1. The summed E-state index contributed by atoms with van der Waals surface area (Å²) in [6, 6.07) is 13.1. The molecule has 0 aliphatic carbocycles. The molecule has 4 nitrogen and oxygen atoms in total. The van der Waals surface area contributed by atoms with Crippen LogP contribution in [0.3, 0.4) is 0 Å². The molecule has 0 saturated carbocycles. The maximum Gasteiger partial charge on any atom is 0.221 e. The Labute approximate surface area is 134 Å². The Morgan fingerprint density at radius 3 is 2.61 bits per heavy atom. The SMILES string of the molecule is COc1ncc(-c2ccc(C=CCO)cc2)c2c(O)cccc12. The highest BCUT2D eigenvalue weighted by molar-refractivity contribution is 6.02. The molecule has 2 aromatic carbocycles. The largest absolute Gasteiger partial charge is 0.507 e. The summed E-state index contributed by atoms with van der Waals surface area (Å²) in [6.45, 7) is 0.0165. The average molecular weight is 307 g/mol. The second-order valence-corrected chi connectivity index (χ2v) is 5.09. The van der Waals surface area contributed by atoms with Gasteiger partial charge in [0.25, 0.3) is 0 Å². The highest BCUT2D eigenvalue weighted by Gasteiger charge is 2.12. The number of ether oxygens (including phenoxy) is 1. The van der Waals surface area contributed by atoms with Gasteiger partial charge in [-0.1, -0.05) is 42.5 Å². The number of methoxy groups -OCH3 is 1. The number of hydrogen-bond acceptors (Lipinski definition) is 4. The van der Waals surface area contributed by atoms with Gasteiger partial charge in [0.05, 0.1) is 13.7 Å². The van der Waals surface area contributed by atoms with Gasteiger partial charge in [-0.25, -0.2) is 4.98 Å². The number of aliphatic hydroxyl groups excluding tert-OH is 1. The molecule has 4 heteroatoms. The lowest BCUT2D eigenvalue weighted by molar-refractivity contribution is 0.343. The van der Waals surface area contributed by atoms with Crippen LogP contribution >= 0.6 is 0 Å². The number of aromatic hydroxyl groups is 1. The summed E-state index contributed by atoms with van der Waals surface area (Å²) in [6.07, 6.45) is 5.25. The van der Waals surface area contributed by atoms with E-state index in [-0.39, 0.29) is 12.4 Å². The Balaban J connectivity index is 2.15. The molecule has 1 heterocycles. The van der Waals surface area contributed by atoms with E-state index < -0.39 is 0 Å². The minimum absolute atomic E-state index is 0.0165. The summed E-state index contributed by atoms with van der Waals surface area (Å²) < 4.78 is 5.28. The third-order valence-electron chi connectivity index (χ3n) is 3.68. The number of fused-ring (bicyclic) bond motifs is 1. The number of aliphatic hydroxyl groups is 1. The lowest BCUT2D eigenvalue weighted by Crippen LogP contribution is -1.92. The van der Waals surface area contributed by atoms with E-state index in [0.29, 0.717) is 5.88 Å². The van der Waals surface area contributed by atoms with Crippen LogP contribution in [0.1, 0.15) is 5.56 Å². The van der Waals surface area contributed by atoms with Gasteiger partial charge in [0.1, 0.15) is 5.75 Å². The van der Waals surface area contributed by atoms with E-state index in [9.17, 15) is 5.11 Å². The van der Waals surface area contributed by atoms with E-state index >= 15 is 0 Å². The molecule has 0 spiro atoms. The van der Waals surface area contributed by atoms with Crippen LogP contribution in [0.25, 0.3) is 28.0 Å². The van der Waals surface area contributed by atoms with Gasteiger partial charge in [-0.3, -0.25) is 0 Å². The number of nitrogens with zero attached hydrogens (tertiary/aromatic N) is 1. The second kappa shape index (κ2) is 6.50. The molecule has 3 aromatic rings. The van der Waals surface area contributed by atoms with E-state index in [1.807, 2.05) is 36.4 Å². The smallest absolute Gasteiger partial charge is 0.221 e. The predicted molar refractivity (Wildman–Crippen MR) is 91.5 cm³/mol. The van der Waals surface area contributed by atoms with Crippen molar-refractivity contribution in [3.63, 3.8) is 0 Å². The maximum absolute atomic E-state index is 10.3. The van der Waals surface area contributed by atoms with E-state index in [1.54, 1.807) is 31.5 Å². The standard InChI is InChI=1S/C19H17NO3/c1-23-19-15-5-2-6-17(22)18(15)16(12-20-19)14-9-7-13(8-10-14)4-3-11-21/h2-10,12,21-22H,11H2,1H3. The Hall–Kier alpha value is -2.85. The fourth-order valence-electron chi connectivity index (χ4n) is 2.60. The third-order valence-corrected chi connectivity index (χ3v) is 3.68. The summed E-state index contributed by atoms with van der Waals surface area (Å²) in [7, 11) is 1.56. The van der Waals surface area contributed by atoms with Crippen molar-refractivity contribution in [3.05, 3.63) is 60.3 Å². The molecule has 0 aliphatic heterocycles. The Bertz CT molecular complexity index is 854. The highest BCUT2D eigenvalue weighted by atomic mass is 16.5. The predicted octanol–water partition coefficient (Wildman–Crippen LogP) is 3.62. The minimum atomic E-state index is 0.0165. The lowest BCUT2D eigenvalue weighted by atomic mass is 9.99. The number of hydrogen-bond donors (Lipinski definition) is 2. The molecule has 0 radical (unpaired) electrons. The molecule has 2 N–H and O–H groups in total. The quantitative estimate of drug-likeness (QED) is 0.773. The zero-order valence-electron chi connectivity index (χ0n) is 12.7. The molecule has 0 fully saturated rings. The van der Waals surface area contributed by atoms with Gasteiger partial charge in [0, 0.05) is 22.5 Å². The van der Waals surface area contributed by atoms with Gasteiger partial charge >= 0.3 is 0 Å². The van der Waals surface area contributed by atoms with Crippen LogP contribution in [0, 0.1) is 0 Å². The fourth-order valence-corrected chi connectivity index (χ4v) is 2.60. The van der Waals surface area contributed by atoms with E-state index in [1.165, 1.54) is 0 Å². The Morgan fingerprint density at radius 2 is 1.91 bits per heavy atom. The molecule has 0 atom stereocenters. The van der Waals surface area contributed by atoms with E-state index in [0.717, 1.165) is 27.5 Å². The van der Waals surface area contributed by atoms with Crippen molar-refractivity contribution in [2.75, 3.05) is 13.7 Å². The second-order valence-electron chi connectivity index (χ2n) is 5.09. The normalized spacial score (nSPS) is 11.2. The maximum atomic E-state index is 10.3. The van der Waals surface area contributed by atoms with Crippen LogP contribution in [-0.4, -0.2) is 28.9 Å². The third kappa shape index (κ3) is 2.89. The number of rotatable bonds is 4. The topological polar surface area (TPSA) is 62.6 Å². The summed E-state index contributed by atoms with van der Waals surface area (Å²) in [5, 5.41) is 20.6. The zero-order valence-corrected chi connectivity index (χ0v) is 12.7. The van der Waals surface area contributed by atoms with Gasteiger partial charge in [-0.2, -0.15) is 0 Å². The number of pyridine rings is 1. The van der Waals surface area contributed by atoms with Crippen molar-refractivity contribution >= 4 is 16.8 Å². The van der Waals surface area contributed by atoms with Crippen LogP contribution < -0.4 is 4.74 Å². The van der Waals surface area contributed by atoms with Gasteiger partial charge in [0.2, 0.25) is 5.88 Å². The Morgan fingerprint density at radius 1 is 1.13 bits per heavy atom. The van der Waals surface area contributed by atoms with Gasteiger partial charge in [0.15, 0.2) is 0 Å². The first kappa shape index (κ1) is 15.1. The summed E-state index contributed by atoms with van der Waals surface area (Å²) in [5.41, 5.74) is 2.79. The van der Waals surface area contributed by atoms with Crippen molar-refractivity contribution in [3.8, 4) is 22.8 Å². The first-order chi connectivity index (χ1) is 11.2. The summed E-state index contributed by atoms with van der Waals surface area (Å²) in [5.74, 6) is 0.685. The van der Waals surface area contributed by atoms with Crippen LogP contribution in [0.15, 0.2) is 54.7 Å². The lowest BCUT2D eigenvalue weighted by Gasteiger charge is -2.11. The van der Waals surface area contributed by atoms with Crippen LogP contribution in [0.2, 0.25) is 0 Å². The molecule has 0 amide bonds. The number of phenols is 1. The highest BCUT2D eigenvalue weighted by Crippen LogP contribution is 2.37. The van der Waals surface area contributed by atoms with Crippen LogP contribution in [0.5, 0.6) is 11.6 Å². The van der Waals surface area contributed by atoms with Crippen molar-refractivity contribution in [2.45, 2.75) is 0 Å². The zero-order chi connectivity index (χ0) is 16.2. The summed E-state index contributed by atoms with van der Waals surface area (Å²) >= 11 is 0. The minimum Gasteiger partial charge on any atom is -0.507 e. The molecular weight excluding hydrogens is 290 g/mol. The molecule has 116 valence electrons. The van der Waals surface area contributed by atoms with Gasteiger partial charge in [-0.05, 0) is 23.3 Å². The number of aromatic nitrogens is 1. The molecule has 1 aromatic heterocycles. The molecule has 23 heavy (non-hydrogen) atoms. The molecule has 3 rings (SSSR count). The fraction of sp³-hybridized carbons (Fsp3) is 0.105. The van der Waals surface area contributed by atoms with E-state index in [2.05, 4.69) is 4.98 Å². The molecule has 0 saturated heterocycles. The first-order valence-corrected chi connectivity index (χ1v) is 7.27.